The van der Waals surface area contributed by atoms with Crippen LogP contribution in [-0.4, -0.2) is 15.4 Å². The molecule has 82 valence electrons. The van der Waals surface area contributed by atoms with E-state index in [2.05, 4.69) is 15.4 Å². The second-order valence-corrected chi connectivity index (χ2v) is 3.71. The van der Waals surface area contributed by atoms with Crippen molar-refractivity contribution in [2.45, 2.75) is 0 Å². The largest absolute Gasteiger partial charge is 0.275 e. The summed E-state index contributed by atoms with van der Waals surface area (Å²) in [5.41, 5.74) is 2.36. The summed E-state index contributed by atoms with van der Waals surface area (Å²) < 4.78 is 0. The van der Waals surface area contributed by atoms with Gasteiger partial charge in [0.05, 0.1) is 5.39 Å². The number of rotatable bonds is 1. The predicted octanol–water partition coefficient (Wildman–Crippen LogP) is 1.99. The van der Waals surface area contributed by atoms with Crippen LogP contribution in [0.1, 0.15) is 0 Å². The molecule has 4 nitrogen and oxygen atoms in total. The van der Waals surface area contributed by atoms with Crippen LogP contribution in [0.15, 0.2) is 53.3 Å². The van der Waals surface area contributed by atoms with Crippen LogP contribution < -0.4 is 5.56 Å². The maximum atomic E-state index is 11.6. The van der Waals surface area contributed by atoms with Crippen molar-refractivity contribution in [3.63, 3.8) is 0 Å². The van der Waals surface area contributed by atoms with Crippen molar-refractivity contribution in [2.75, 3.05) is 0 Å². The molecule has 0 aliphatic carbocycles. The first-order valence-corrected chi connectivity index (χ1v) is 5.26. The van der Waals surface area contributed by atoms with Gasteiger partial charge in [0.2, 0.25) is 0 Å². The molecule has 0 bridgehead atoms. The molecule has 4 heteroatoms. The van der Waals surface area contributed by atoms with Crippen LogP contribution >= 0.6 is 0 Å². The number of H-pyrrole nitrogens is 1. The Labute approximate surface area is 96.9 Å². The van der Waals surface area contributed by atoms with E-state index in [0.29, 0.717) is 10.9 Å². The average molecular weight is 223 g/mol. The zero-order valence-electron chi connectivity index (χ0n) is 8.92. The average Bonchev–Trinajstić information content (AvgIpc) is 2.40. The number of aromatic nitrogens is 3. The van der Waals surface area contributed by atoms with Crippen LogP contribution in [0.5, 0.6) is 0 Å². The minimum absolute atomic E-state index is 0.215. The molecule has 2 aromatic carbocycles. The van der Waals surface area contributed by atoms with E-state index in [1.54, 1.807) is 6.07 Å². The molecule has 0 atom stereocenters. The molecule has 1 N–H and O–H groups in total. The van der Waals surface area contributed by atoms with E-state index in [9.17, 15) is 4.79 Å². The van der Waals surface area contributed by atoms with Crippen molar-refractivity contribution in [3.05, 3.63) is 58.9 Å². The molecular formula is C13H9N3O. The molecule has 3 aromatic rings. The van der Waals surface area contributed by atoms with E-state index in [1.807, 2.05) is 42.5 Å². The normalized spacial score (nSPS) is 10.6. The van der Waals surface area contributed by atoms with Gasteiger partial charge in [-0.15, -0.1) is 5.10 Å². The highest BCUT2D eigenvalue weighted by molar-refractivity contribution is 5.92. The van der Waals surface area contributed by atoms with E-state index in [0.717, 1.165) is 11.1 Å². The second-order valence-electron chi connectivity index (χ2n) is 3.71. The lowest BCUT2D eigenvalue weighted by Gasteiger charge is -2.03. The molecule has 0 saturated heterocycles. The Morgan fingerprint density at radius 2 is 1.76 bits per heavy atom. The Bertz CT molecular complexity index is 719. The monoisotopic (exact) mass is 223 g/mol. The molecular weight excluding hydrogens is 214 g/mol. The summed E-state index contributed by atoms with van der Waals surface area (Å²) in [6.45, 7) is 0. The van der Waals surface area contributed by atoms with Gasteiger partial charge in [-0.1, -0.05) is 47.7 Å². The van der Waals surface area contributed by atoms with Gasteiger partial charge in [-0.05, 0) is 11.6 Å². The minimum Gasteiger partial charge on any atom is -0.267 e. The first-order valence-electron chi connectivity index (χ1n) is 5.26. The lowest BCUT2D eigenvalue weighted by Crippen LogP contribution is -2.10. The maximum Gasteiger partial charge on any atom is 0.275 e. The quantitative estimate of drug-likeness (QED) is 0.686. The van der Waals surface area contributed by atoms with Crippen molar-refractivity contribution >= 4 is 10.9 Å². The topological polar surface area (TPSA) is 58.6 Å². The molecule has 1 heterocycles. The second kappa shape index (κ2) is 3.83. The first kappa shape index (κ1) is 9.72. The van der Waals surface area contributed by atoms with Crippen LogP contribution in [0.3, 0.4) is 0 Å². The Hall–Kier alpha value is -2.49. The molecule has 0 radical (unpaired) electrons. The number of aromatic amines is 1. The maximum absolute atomic E-state index is 11.6. The number of benzene rings is 2. The molecule has 0 fully saturated rings. The number of nitrogens with one attached hydrogen (secondary N) is 1. The van der Waals surface area contributed by atoms with E-state index >= 15 is 0 Å². The summed E-state index contributed by atoms with van der Waals surface area (Å²) in [6, 6.07) is 15.4. The summed E-state index contributed by atoms with van der Waals surface area (Å²) in [7, 11) is 0. The molecule has 0 spiro atoms. The Morgan fingerprint density at radius 1 is 0.941 bits per heavy atom. The number of hydrogen-bond donors (Lipinski definition) is 1. The third-order valence-corrected chi connectivity index (χ3v) is 2.67. The zero-order valence-corrected chi connectivity index (χ0v) is 8.92. The van der Waals surface area contributed by atoms with Gasteiger partial charge in [-0.25, -0.2) is 5.10 Å². The Morgan fingerprint density at radius 3 is 2.59 bits per heavy atom. The van der Waals surface area contributed by atoms with Crippen LogP contribution in [-0.2, 0) is 0 Å². The van der Waals surface area contributed by atoms with Gasteiger partial charge in [-0.2, -0.15) is 0 Å². The summed E-state index contributed by atoms with van der Waals surface area (Å²) >= 11 is 0. The molecule has 1 aromatic heterocycles. The van der Waals surface area contributed by atoms with Gasteiger partial charge in [0.25, 0.3) is 5.56 Å². The highest BCUT2D eigenvalue weighted by Crippen LogP contribution is 2.24. The third kappa shape index (κ3) is 1.59. The smallest absolute Gasteiger partial charge is 0.267 e. The standard InChI is InChI=1S/C13H9N3O/c17-13-11-8-4-7-10(12(11)14-16-15-13)9-5-2-1-3-6-9/h1-8H,(H,14,15,17). The van der Waals surface area contributed by atoms with Gasteiger partial charge in [-0.3, -0.25) is 4.79 Å². The van der Waals surface area contributed by atoms with Crippen molar-refractivity contribution in [1.29, 1.82) is 0 Å². The summed E-state index contributed by atoms with van der Waals surface area (Å²) in [4.78, 5) is 11.6. The molecule has 0 amide bonds. The SMILES string of the molecule is O=c1[nH]nnc2c(-c3ccccc3)cccc12. The van der Waals surface area contributed by atoms with Gasteiger partial charge < -0.3 is 0 Å². The van der Waals surface area contributed by atoms with Crippen molar-refractivity contribution < 1.29 is 0 Å². The fraction of sp³-hybridized carbons (Fsp3) is 0. The van der Waals surface area contributed by atoms with E-state index in [1.165, 1.54) is 0 Å². The Kier molecular flexibility index (Phi) is 2.19. The van der Waals surface area contributed by atoms with E-state index < -0.39 is 0 Å². The Balaban J connectivity index is 2.39. The van der Waals surface area contributed by atoms with Gasteiger partial charge >= 0.3 is 0 Å². The van der Waals surface area contributed by atoms with E-state index in [4.69, 9.17) is 0 Å². The van der Waals surface area contributed by atoms with Gasteiger partial charge in [0, 0.05) is 5.56 Å². The van der Waals surface area contributed by atoms with E-state index in [-0.39, 0.29) is 5.56 Å². The van der Waals surface area contributed by atoms with Gasteiger partial charge in [0.1, 0.15) is 5.52 Å². The molecule has 0 unspecified atom stereocenters. The highest BCUT2D eigenvalue weighted by atomic mass is 16.1. The molecule has 0 saturated carbocycles. The minimum atomic E-state index is -0.215. The fourth-order valence-corrected chi connectivity index (χ4v) is 1.87. The first-order chi connectivity index (χ1) is 8.36. The number of fused-ring (bicyclic) bond motifs is 1. The fourth-order valence-electron chi connectivity index (χ4n) is 1.87. The van der Waals surface area contributed by atoms with Crippen LogP contribution in [0.2, 0.25) is 0 Å². The lowest BCUT2D eigenvalue weighted by atomic mass is 10.0. The predicted molar refractivity (Wildman–Crippen MR) is 65.6 cm³/mol. The molecule has 17 heavy (non-hydrogen) atoms. The third-order valence-electron chi connectivity index (χ3n) is 2.67. The van der Waals surface area contributed by atoms with Crippen molar-refractivity contribution in [1.82, 2.24) is 15.4 Å². The molecule has 0 aliphatic rings. The lowest BCUT2D eigenvalue weighted by molar-refractivity contribution is 0.873. The highest BCUT2D eigenvalue weighted by Gasteiger charge is 2.06. The molecule has 3 rings (SSSR count). The van der Waals surface area contributed by atoms with Gasteiger partial charge in [0.15, 0.2) is 0 Å². The number of hydrogen-bond acceptors (Lipinski definition) is 3. The van der Waals surface area contributed by atoms with Crippen molar-refractivity contribution in [2.24, 2.45) is 0 Å². The van der Waals surface area contributed by atoms with Crippen LogP contribution in [0, 0.1) is 0 Å². The summed E-state index contributed by atoms with van der Waals surface area (Å²) in [6.07, 6.45) is 0. The number of nitrogens with zero attached hydrogens (tertiary/aromatic N) is 2. The van der Waals surface area contributed by atoms with Crippen LogP contribution in [0.25, 0.3) is 22.0 Å². The summed E-state index contributed by atoms with van der Waals surface area (Å²) in [5, 5.41) is 10.5. The zero-order chi connectivity index (χ0) is 11.7. The van der Waals surface area contributed by atoms with Crippen molar-refractivity contribution in [3.8, 4) is 11.1 Å². The van der Waals surface area contributed by atoms with Crippen LogP contribution in [0.4, 0.5) is 0 Å². The molecule has 0 aliphatic heterocycles. The summed E-state index contributed by atoms with van der Waals surface area (Å²) in [5.74, 6) is 0.